The molecule has 290 valence electrons. The fourth-order valence-corrected chi connectivity index (χ4v) is 8.21. The van der Waals surface area contributed by atoms with Gasteiger partial charge in [0.2, 0.25) is 0 Å². The van der Waals surface area contributed by atoms with Gasteiger partial charge in [-0.05, 0) is 53.6 Å². The van der Waals surface area contributed by atoms with Crippen LogP contribution in [0.1, 0.15) is 0 Å². The van der Waals surface area contributed by atoms with Crippen molar-refractivity contribution in [2.45, 2.75) is 0 Å². The monoisotopic (exact) mass is 795 g/mol. The molecule has 12 aromatic rings. The van der Waals surface area contributed by atoms with Crippen LogP contribution in [-0.2, 0) is 0 Å². The zero-order chi connectivity index (χ0) is 41.0. The number of benzene rings is 8. The summed E-state index contributed by atoms with van der Waals surface area (Å²) in [7, 11) is 0. The molecule has 62 heavy (non-hydrogen) atoms. The van der Waals surface area contributed by atoms with Gasteiger partial charge in [-0.15, -0.1) is 0 Å². The van der Waals surface area contributed by atoms with Crippen molar-refractivity contribution in [2.75, 3.05) is 0 Å². The summed E-state index contributed by atoms with van der Waals surface area (Å²) in [5, 5.41) is 4.26. The third kappa shape index (κ3) is 6.36. The fourth-order valence-electron chi connectivity index (χ4n) is 8.21. The molecular formula is C55H33N5O2. The summed E-state index contributed by atoms with van der Waals surface area (Å²) in [5.74, 6) is 2.30. The van der Waals surface area contributed by atoms with Crippen LogP contribution < -0.4 is 0 Å². The molecule has 0 bridgehead atoms. The van der Waals surface area contributed by atoms with E-state index < -0.39 is 0 Å². The van der Waals surface area contributed by atoms with E-state index in [-0.39, 0.29) is 0 Å². The van der Waals surface area contributed by atoms with E-state index in [1.807, 2.05) is 103 Å². The number of fused-ring (bicyclic) bond motifs is 6. The number of hydrogen-bond donors (Lipinski definition) is 0. The number of furan rings is 2. The van der Waals surface area contributed by atoms with Gasteiger partial charge in [0, 0.05) is 54.9 Å². The first-order valence-corrected chi connectivity index (χ1v) is 20.5. The molecule has 4 heterocycles. The van der Waals surface area contributed by atoms with Crippen LogP contribution in [0.5, 0.6) is 0 Å². The second-order valence-corrected chi connectivity index (χ2v) is 15.3. The Bertz CT molecular complexity index is 3620. The van der Waals surface area contributed by atoms with Gasteiger partial charge in [0.05, 0.1) is 11.4 Å². The van der Waals surface area contributed by atoms with Gasteiger partial charge in [-0.25, -0.2) is 24.9 Å². The summed E-state index contributed by atoms with van der Waals surface area (Å²) in [6, 6.07) is 67.7. The summed E-state index contributed by atoms with van der Waals surface area (Å²) in [6.07, 6.45) is 0. The van der Waals surface area contributed by atoms with Crippen molar-refractivity contribution >= 4 is 43.9 Å². The van der Waals surface area contributed by atoms with Gasteiger partial charge in [-0.1, -0.05) is 158 Å². The van der Waals surface area contributed by atoms with Crippen molar-refractivity contribution in [2.24, 2.45) is 0 Å². The Hall–Kier alpha value is -8.55. The van der Waals surface area contributed by atoms with E-state index in [1.165, 1.54) is 0 Å². The summed E-state index contributed by atoms with van der Waals surface area (Å²) >= 11 is 0. The maximum atomic E-state index is 6.27. The van der Waals surface area contributed by atoms with E-state index in [0.29, 0.717) is 23.3 Å². The maximum Gasteiger partial charge on any atom is 0.164 e. The molecule has 0 atom stereocenters. The van der Waals surface area contributed by atoms with E-state index in [9.17, 15) is 0 Å². The fraction of sp³-hybridized carbons (Fsp3) is 0. The van der Waals surface area contributed by atoms with Crippen LogP contribution in [-0.4, -0.2) is 24.9 Å². The molecule has 7 heteroatoms. The highest BCUT2D eigenvalue weighted by Crippen LogP contribution is 2.36. The molecule has 0 fully saturated rings. The molecule has 12 rings (SSSR count). The average molecular weight is 796 g/mol. The van der Waals surface area contributed by atoms with Crippen LogP contribution in [0.25, 0.3) is 123 Å². The molecule has 0 N–H and O–H groups in total. The predicted molar refractivity (Wildman–Crippen MR) is 248 cm³/mol. The first-order chi connectivity index (χ1) is 30.7. The quantitative estimate of drug-likeness (QED) is 0.159. The maximum absolute atomic E-state index is 6.27. The van der Waals surface area contributed by atoms with E-state index >= 15 is 0 Å². The van der Waals surface area contributed by atoms with Gasteiger partial charge < -0.3 is 8.83 Å². The Morgan fingerprint density at radius 3 is 1.08 bits per heavy atom. The number of rotatable bonds is 7. The average Bonchev–Trinajstić information content (AvgIpc) is 3.92. The molecule has 0 aliphatic rings. The number of aromatic nitrogens is 5. The highest BCUT2D eigenvalue weighted by atomic mass is 16.3. The van der Waals surface area contributed by atoms with Crippen molar-refractivity contribution in [3.63, 3.8) is 0 Å². The standard InChI is InChI=1S/C55H33N5O2/c1-3-11-34(12-4-1)35-19-23-38(24-20-35)52-58-53(60-55(59-52)41-28-30-45-43-16-8-10-18-49(43)62-51(45)32-41)39-25-21-37(22-26-39)47-33-46(36-13-5-2-6-14-36)56-54(57-47)40-27-29-44-42-15-7-9-17-48(42)61-50(44)31-40/h1-33H. The second-order valence-electron chi connectivity index (χ2n) is 15.3. The van der Waals surface area contributed by atoms with E-state index in [4.69, 9.17) is 33.8 Å². The minimum atomic E-state index is 0.554. The largest absolute Gasteiger partial charge is 0.456 e. The van der Waals surface area contributed by atoms with Crippen molar-refractivity contribution in [3.8, 4) is 79.2 Å². The Morgan fingerprint density at radius 1 is 0.226 bits per heavy atom. The van der Waals surface area contributed by atoms with Crippen molar-refractivity contribution in [1.82, 2.24) is 24.9 Å². The minimum absolute atomic E-state index is 0.554. The minimum Gasteiger partial charge on any atom is -0.456 e. The third-order valence-corrected chi connectivity index (χ3v) is 11.4. The van der Waals surface area contributed by atoms with E-state index in [1.54, 1.807) is 0 Å². The van der Waals surface area contributed by atoms with Crippen LogP contribution in [0.15, 0.2) is 209 Å². The molecule has 8 aromatic carbocycles. The normalized spacial score (nSPS) is 11.5. The first-order valence-electron chi connectivity index (χ1n) is 20.5. The van der Waals surface area contributed by atoms with Crippen molar-refractivity contribution in [3.05, 3.63) is 200 Å². The predicted octanol–water partition coefficient (Wildman–Crippen LogP) is 14.1. The summed E-state index contributed by atoms with van der Waals surface area (Å²) in [5.41, 5.74) is 12.5. The zero-order valence-electron chi connectivity index (χ0n) is 33.1. The molecule has 0 radical (unpaired) electrons. The highest BCUT2D eigenvalue weighted by molar-refractivity contribution is 6.06. The summed E-state index contributed by atoms with van der Waals surface area (Å²) in [6.45, 7) is 0. The summed E-state index contributed by atoms with van der Waals surface area (Å²) in [4.78, 5) is 25.4. The smallest absolute Gasteiger partial charge is 0.164 e. The van der Waals surface area contributed by atoms with Gasteiger partial charge in [-0.2, -0.15) is 0 Å². The topological polar surface area (TPSA) is 90.7 Å². The second kappa shape index (κ2) is 14.6. The molecule has 0 aliphatic heterocycles. The molecule has 0 spiro atoms. The molecule has 0 saturated carbocycles. The van der Waals surface area contributed by atoms with E-state index in [0.717, 1.165) is 99.8 Å². The molecule has 0 saturated heterocycles. The molecular weight excluding hydrogens is 763 g/mol. The third-order valence-electron chi connectivity index (χ3n) is 11.4. The molecule has 0 unspecified atom stereocenters. The van der Waals surface area contributed by atoms with Gasteiger partial charge in [0.25, 0.3) is 0 Å². The number of hydrogen-bond acceptors (Lipinski definition) is 7. The van der Waals surface area contributed by atoms with Gasteiger partial charge in [0.15, 0.2) is 23.3 Å². The zero-order valence-corrected chi connectivity index (χ0v) is 33.1. The van der Waals surface area contributed by atoms with Crippen LogP contribution >= 0.6 is 0 Å². The Balaban J connectivity index is 0.951. The lowest BCUT2D eigenvalue weighted by molar-refractivity contribution is 0.668. The molecule has 0 amide bonds. The SMILES string of the molecule is c1ccc(-c2ccc(-c3nc(-c4ccc(-c5cc(-c6ccccc6)nc(-c6ccc7c(c6)oc6ccccc67)n5)cc4)nc(-c4ccc5c(c4)oc4ccccc45)n3)cc2)cc1. The van der Waals surface area contributed by atoms with Crippen LogP contribution in [0, 0.1) is 0 Å². The van der Waals surface area contributed by atoms with Crippen LogP contribution in [0.2, 0.25) is 0 Å². The van der Waals surface area contributed by atoms with Crippen LogP contribution in [0.4, 0.5) is 0 Å². The summed E-state index contributed by atoms with van der Waals surface area (Å²) < 4.78 is 12.5. The lowest BCUT2D eigenvalue weighted by atomic mass is 10.0. The van der Waals surface area contributed by atoms with Gasteiger partial charge in [-0.3, -0.25) is 0 Å². The molecule has 0 aliphatic carbocycles. The van der Waals surface area contributed by atoms with Crippen LogP contribution in [0.3, 0.4) is 0 Å². The number of nitrogens with zero attached hydrogens (tertiary/aromatic N) is 5. The Morgan fingerprint density at radius 2 is 0.565 bits per heavy atom. The lowest BCUT2D eigenvalue weighted by Crippen LogP contribution is -2.00. The van der Waals surface area contributed by atoms with Crippen molar-refractivity contribution in [1.29, 1.82) is 0 Å². The molecule has 7 nitrogen and oxygen atoms in total. The Kier molecular flexibility index (Phi) is 8.35. The number of para-hydroxylation sites is 2. The Labute approximate surface area is 355 Å². The van der Waals surface area contributed by atoms with Gasteiger partial charge in [0.1, 0.15) is 22.3 Å². The lowest BCUT2D eigenvalue weighted by Gasteiger charge is -2.11. The molecule has 4 aromatic heterocycles. The van der Waals surface area contributed by atoms with Gasteiger partial charge >= 0.3 is 0 Å². The first kappa shape index (κ1) is 35.4. The van der Waals surface area contributed by atoms with E-state index in [2.05, 4.69) is 97.1 Å². The highest BCUT2D eigenvalue weighted by Gasteiger charge is 2.17. The van der Waals surface area contributed by atoms with Crippen molar-refractivity contribution < 1.29 is 8.83 Å².